The maximum atomic E-state index is 14.4. The van der Waals surface area contributed by atoms with Crippen molar-refractivity contribution in [1.29, 1.82) is 0 Å². The van der Waals surface area contributed by atoms with Gasteiger partial charge in [0.25, 0.3) is 0 Å². The molecule has 8 N–H and O–H groups in total. The summed E-state index contributed by atoms with van der Waals surface area (Å²) < 4.78 is 23.4. The molecule has 14 heteroatoms. The number of aliphatic hydroxyl groups is 7. The lowest BCUT2D eigenvalue weighted by molar-refractivity contribution is -0.324. The summed E-state index contributed by atoms with van der Waals surface area (Å²) in [4.78, 5) is 26.2. The Labute approximate surface area is 322 Å². The zero-order valence-electron chi connectivity index (χ0n) is 32.7. The number of carboxylic acid groups (broad SMARTS) is 1. The first-order valence-corrected chi connectivity index (χ1v) is 20.1. The normalized spacial score (nSPS) is 52.1. The summed E-state index contributed by atoms with van der Waals surface area (Å²) in [6.07, 6.45) is -6.78. The third-order valence-corrected chi connectivity index (χ3v) is 16.6. The fraction of sp³-hybridized carbons (Fsp3) is 0.854. The number of esters is 1. The number of aliphatic carboxylic acids is 1. The van der Waals surface area contributed by atoms with Gasteiger partial charge in [-0.25, -0.2) is 4.79 Å². The summed E-state index contributed by atoms with van der Waals surface area (Å²) in [7, 11) is 0. The molecule has 310 valence electrons. The van der Waals surface area contributed by atoms with Crippen LogP contribution in [-0.4, -0.2) is 127 Å². The van der Waals surface area contributed by atoms with Crippen molar-refractivity contribution in [2.24, 2.45) is 44.8 Å². The van der Waals surface area contributed by atoms with Gasteiger partial charge in [-0.05, 0) is 97.7 Å². The monoisotopic (exact) mass is 778 g/mol. The van der Waals surface area contributed by atoms with Crippen LogP contribution in [0.25, 0.3) is 0 Å². The molecule has 18 atom stereocenters. The summed E-state index contributed by atoms with van der Waals surface area (Å²) >= 11 is 0. The number of fused-ring (bicyclic) bond motifs is 7. The van der Waals surface area contributed by atoms with Crippen molar-refractivity contribution < 1.29 is 69.4 Å². The van der Waals surface area contributed by atoms with Gasteiger partial charge in [0.15, 0.2) is 12.4 Å². The van der Waals surface area contributed by atoms with Crippen molar-refractivity contribution in [2.45, 2.75) is 166 Å². The molecule has 0 bridgehead atoms. The Morgan fingerprint density at radius 3 is 2.16 bits per heavy atom. The van der Waals surface area contributed by atoms with Crippen molar-refractivity contribution in [3.8, 4) is 0 Å². The molecular weight excluding hydrogens is 716 g/mol. The number of rotatable bonds is 6. The van der Waals surface area contributed by atoms with Gasteiger partial charge in [-0.2, -0.15) is 0 Å². The minimum Gasteiger partial charge on any atom is -0.479 e. The fourth-order valence-corrected chi connectivity index (χ4v) is 13.1. The third kappa shape index (κ3) is 6.02. The molecule has 55 heavy (non-hydrogen) atoms. The number of carbonyl (C=O) groups is 2. The van der Waals surface area contributed by atoms with Gasteiger partial charge in [-0.1, -0.05) is 58.4 Å². The molecule has 2 saturated heterocycles. The van der Waals surface area contributed by atoms with E-state index in [1.807, 2.05) is 0 Å². The predicted octanol–water partition coefficient (Wildman–Crippen LogP) is 1.94. The smallest absolute Gasteiger partial charge is 0.335 e. The molecule has 5 aliphatic carbocycles. The van der Waals surface area contributed by atoms with Crippen molar-refractivity contribution in [3.63, 3.8) is 0 Å². The second-order valence-corrected chi connectivity index (χ2v) is 19.3. The summed E-state index contributed by atoms with van der Waals surface area (Å²) in [6, 6.07) is 0. The maximum Gasteiger partial charge on any atom is 0.335 e. The Morgan fingerprint density at radius 1 is 0.818 bits per heavy atom. The lowest BCUT2D eigenvalue weighted by atomic mass is 9.34. The number of hydrogen-bond donors (Lipinski definition) is 8. The molecule has 0 spiro atoms. The Kier molecular flexibility index (Phi) is 10.6. The molecule has 7 aliphatic rings. The van der Waals surface area contributed by atoms with E-state index in [9.17, 15) is 50.4 Å². The van der Waals surface area contributed by atoms with E-state index in [-0.39, 0.29) is 34.0 Å². The van der Waals surface area contributed by atoms with Crippen molar-refractivity contribution in [1.82, 2.24) is 0 Å². The Hall–Kier alpha value is -1.98. The van der Waals surface area contributed by atoms with E-state index >= 15 is 0 Å². The number of hydrogen-bond acceptors (Lipinski definition) is 13. The molecule has 0 radical (unpaired) electrons. The van der Waals surface area contributed by atoms with E-state index in [2.05, 4.69) is 47.3 Å². The Balaban J connectivity index is 1.14. The SMILES string of the molecule is C=C1CC[C@]2(C(=O)O[C@@H]3O[C@H](CO)[C@@H](O)[C@H](O)[C@H]3O)CC[C@]3(C)C(=CC[C@@H]4[C@@]5(C)CCC(O[C@@H]6O[C@H](C(=O)O)[C@@H](O)[C@H](O)[C@H]6O)C(C)(C)C5CC[C@]43C)[C@H]2C1. The summed E-state index contributed by atoms with van der Waals surface area (Å²) in [5, 5.41) is 82.2. The zero-order chi connectivity index (χ0) is 40.2. The summed E-state index contributed by atoms with van der Waals surface area (Å²) in [5.74, 6) is -1.65. The number of ether oxygens (including phenoxy) is 4. The average Bonchev–Trinajstić information content (AvgIpc) is 3.13. The first-order valence-electron chi connectivity index (χ1n) is 20.1. The van der Waals surface area contributed by atoms with Crippen LogP contribution in [0.3, 0.4) is 0 Å². The van der Waals surface area contributed by atoms with Crippen LogP contribution >= 0.6 is 0 Å². The molecule has 0 aromatic heterocycles. The van der Waals surface area contributed by atoms with E-state index in [1.54, 1.807) is 0 Å². The van der Waals surface area contributed by atoms with Crippen LogP contribution < -0.4 is 0 Å². The Bertz CT molecular complexity index is 1560. The van der Waals surface area contributed by atoms with Crippen LogP contribution in [0.5, 0.6) is 0 Å². The van der Waals surface area contributed by atoms with Crippen LogP contribution in [-0.2, 0) is 28.5 Å². The highest BCUT2D eigenvalue weighted by Crippen LogP contribution is 2.75. The topological polar surface area (TPSA) is 233 Å². The number of carboxylic acids is 1. The Morgan fingerprint density at radius 2 is 1.49 bits per heavy atom. The van der Waals surface area contributed by atoms with E-state index in [4.69, 9.17) is 18.9 Å². The first kappa shape index (κ1) is 41.2. The quantitative estimate of drug-likeness (QED) is 0.109. The first-order chi connectivity index (χ1) is 25.7. The van der Waals surface area contributed by atoms with Crippen LogP contribution in [0.1, 0.15) is 98.8 Å². The average molecular weight is 779 g/mol. The van der Waals surface area contributed by atoms with Gasteiger partial charge in [0, 0.05) is 5.92 Å². The van der Waals surface area contributed by atoms with Gasteiger partial charge >= 0.3 is 11.9 Å². The maximum absolute atomic E-state index is 14.4. The molecule has 4 saturated carbocycles. The van der Waals surface area contributed by atoms with E-state index < -0.39 is 96.9 Å². The molecule has 0 aromatic carbocycles. The van der Waals surface area contributed by atoms with Crippen molar-refractivity contribution in [2.75, 3.05) is 6.61 Å². The molecule has 14 nitrogen and oxygen atoms in total. The summed E-state index contributed by atoms with van der Waals surface area (Å²) in [6.45, 7) is 15.2. The molecular formula is C41H62O14. The highest BCUT2D eigenvalue weighted by molar-refractivity contribution is 5.79. The lowest BCUT2D eigenvalue weighted by Crippen LogP contribution is -2.66. The van der Waals surface area contributed by atoms with Gasteiger partial charge in [0.1, 0.15) is 42.7 Å². The number of carbonyl (C=O) groups excluding carboxylic acids is 1. The van der Waals surface area contributed by atoms with Gasteiger partial charge in [0.05, 0.1) is 18.1 Å². The van der Waals surface area contributed by atoms with Crippen molar-refractivity contribution in [3.05, 3.63) is 23.8 Å². The van der Waals surface area contributed by atoms with Crippen LogP contribution in [0, 0.1) is 44.8 Å². The highest BCUT2D eigenvalue weighted by atomic mass is 16.7. The van der Waals surface area contributed by atoms with E-state index in [0.29, 0.717) is 32.1 Å². The second kappa shape index (κ2) is 14.1. The van der Waals surface area contributed by atoms with Gasteiger partial charge in [-0.15, -0.1) is 0 Å². The van der Waals surface area contributed by atoms with Crippen LogP contribution in [0.4, 0.5) is 0 Å². The number of allylic oxidation sites excluding steroid dienone is 3. The van der Waals surface area contributed by atoms with Gasteiger partial charge in [0.2, 0.25) is 6.29 Å². The predicted molar refractivity (Wildman–Crippen MR) is 193 cm³/mol. The molecule has 6 fully saturated rings. The second-order valence-electron chi connectivity index (χ2n) is 19.3. The minimum atomic E-state index is -1.79. The minimum absolute atomic E-state index is 0.112. The number of aliphatic hydroxyl groups excluding tert-OH is 7. The standard InChI is InChI=1S/C41H62O14/c1-19-9-14-41(36(51)55-34-30(47)27(44)26(43)22(18-42)52-34)16-15-39(5)20(21(41)17-19)7-8-24-38(4)12-11-25(37(2,3)23(38)10-13-40(24,39)6)53-35-31(48)28(45)29(46)32(54-35)33(49)50/h7,21-32,34-35,42-48H,1,8-18H2,2-6H3,(H,49,50)/t21-,22-,23?,24-,25?,26-,27+,28+,29+,30-,31-,32+,34+,35-,38+,39-,40-,41+/m1/s1. The van der Waals surface area contributed by atoms with Crippen LogP contribution in [0.15, 0.2) is 23.8 Å². The molecule has 2 aliphatic heterocycles. The molecule has 0 aromatic rings. The fourth-order valence-electron chi connectivity index (χ4n) is 13.1. The molecule has 2 heterocycles. The summed E-state index contributed by atoms with van der Waals surface area (Å²) in [5.41, 5.74) is 0.508. The van der Waals surface area contributed by atoms with Gasteiger partial charge < -0.3 is 59.8 Å². The zero-order valence-corrected chi connectivity index (χ0v) is 32.7. The highest BCUT2D eigenvalue weighted by Gasteiger charge is 2.69. The largest absolute Gasteiger partial charge is 0.479 e. The molecule has 2 unspecified atom stereocenters. The lowest BCUT2D eigenvalue weighted by Gasteiger charge is -2.71. The third-order valence-electron chi connectivity index (χ3n) is 16.6. The van der Waals surface area contributed by atoms with Crippen LogP contribution in [0.2, 0.25) is 0 Å². The van der Waals surface area contributed by atoms with E-state index in [1.165, 1.54) is 5.57 Å². The van der Waals surface area contributed by atoms with E-state index in [0.717, 1.165) is 37.7 Å². The van der Waals surface area contributed by atoms with Gasteiger partial charge in [-0.3, -0.25) is 4.79 Å². The molecule has 7 rings (SSSR count). The van der Waals surface area contributed by atoms with Crippen molar-refractivity contribution >= 4 is 11.9 Å². The molecule has 0 amide bonds.